The monoisotopic (exact) mass is 220 g/mol. The van der Waals surface area contributed by atoms with E-state index in [2.05, 4.69) is 12.1 Å². The summed E-state index contributed by atoms with van der Waals surface area (Å²) in [5.41, 5.74) is 2.35. The molecule has 0 radical (unpaired) electrons. The fraction of sp³-hybridized carbons (Fsp3) is 0.429. The van der Waals surface area contributed by atoms with E-state index in [1.54, 1.807) is 0 Å². The van der Waals surface area contributed by atoms with E-state index >= 15 is 0 Å². The fourth-order valence-corrected chi connectivity index (χ4v) is 1.49. The van der Waals surface area contributed by atoms with Gasteiger partial charge in [0.2, 0.25) is 0 Å². The molecular weight excluding hydrogens is 200 g/mol. The number of hydrogen-bond acceptors (Lipinski definition) is 2. The Balaban J connectivity index is 2.28. The number of aliphatic hydroxyl groups is 1. The third-order valence-corrected chi connectivity index (χ3v) is 2.30. The van der Waals surface area contributed by atoms with Gasteiger partial charge in [0, 0.05) is 6.61 Å². The second-order valence-electron chi connectivity index (χ2n) is 4.15. The molecule has 0 bridgehead atoms. The molecule has 1 N–H and O–H groups in total. The van der Waals surface area contributed by atoms with Crippen LogP contribution in [0.3, 0.4) is 0 Å². The lowest BCUT2D eigenvalue weighted by Gasteiger charge is -2.07. The van der Waals surface area contributed by atoms with Gasteiger partial charge in [-0.1, -0.05) is 48.9 Å². The van der Waals surface area contributed by atoms with E-state index in [1.807, 2.05) is 38.1 Å². The Morgan fingerprint density at radius 3 is 2.69 bits per heavy atom. The Hall–Kier alpha value is -1.12. The second-order valence-corrected chi connectivity index (χ2v) is 4.15. The van der Waals surface area contributed by atoms with E-state index in [-0.39, 0.29) is 12.5 Å². The van der Waals surface area contributed by atoms with Crippen molar-refractivity contribution in [3.8, 4) is 0 Å². The van der Waals surface area contributed by atoms with Crippen LogP contribution in [0.5, 0.6) is 0 Å². The molecule has 2 nitrogen and oxygen atoms in total. The summed E-state index contributed by atoms with van der Waals surface area (Å²) in [5, 5.41) is 8.90. The van der Waals surface area contributed by atoms with Gasteiger partial charge in [0.05, 0.1) is 13.2 Å². The van der Waals surface area contributed by atoms with E-state index in [1.165, 1.54) is 5.56 Å². The first-order valence-electron chi connectivity index (χ1n) is 5.62. The van der Waals surface area contributed by atoms with Crippen molar-refractivity contribution in [3.63, 3.8) is 0 Å². The van der Waals surface area contributed by atoms with Crippen LogP contribution in [0.2, 0.25) is 0 Å². The number of ether oxygens (including phenoxy) is 1. The Labute approximate surface area is 97.6 Å². The van der Waals surface area contributed by atoms with Crippen molar-refractivity contribution < 1.29 is 9.84 Å². The maximum atomic E-state index is 8.90. The Morgan fingerprint density at radius 1 is 1.38 bits per heavy atom. The van der Waals surface area contributed by atoms with Gasteiger partial charge in [-0.25, -0.2) is 0 Å². The van der Waals surface area contributed by atoms with Crippen LogP contribution in [0.15, 0.2) is 42.0 Å². The van der Waals surface area contributed by atoms with Gasteiger partial charge in [-0.05, 0) is 18.4 Å². The molecule has 16 heavy (non-hydrogen) atoms. The number of aliphatic hydroxyl groups excluding tert-OH is 1. The molecule has 0 spiro atoms. The lowest BCUT2D eigenvalue weighted by molar-refractivity contribution is 0.142. The van der Waals surface area contributed by atoms with Crippen LogP contribution in [-0.2, 0) is 11.3 Å². The molecule has 0 amide bonds. The SMILES string of the molecule is C/C(=C\[C@@H](C)CO)COCc1ccccc1. The zero-order valence-electron chi connectivity index (χ0n) is 10.0. The third-order valence-electron chi connectivity index (χ3n) is 2.30. The quantitative estimate of drug-likeness (QED) is 0.747. The molecule has 0 saturated carbocycles. The predicted octanol–water partition coefficient (Wildman–Crippen LogP) is 2.78. The summed E-state index contributed by atoms with van der Waals surface area (Å²) in [5.74, 6) is 0.209. The van der Waals surface area contributed by atoms with Crippen molar-refractivity contribution in [1.29, 1.82) is 0 Å². The first-order chi connectivity index (χ1) is 7.72. The molecule has 0 aliphatic rings. The molecule has 0 heterocycles. The molecule has 1 aromatic carbocycles. The van der Waals surface area contributed by atoms with E-state index in [9.17, 15) is 0 Å². The Morgan fingerprint density at radius 2 is 2.06 bits per heavy atom. The molecule has 0 saturated heterocycles. The highest BCUT2D eigenvalue weighted by atomic mass is 16.5. The van der Waals surface area contributed by atoms with Crippen LogP contribution >= 0.6 is 0 Å². The second kappa shape index (κ2) is 7.20. The minimum atomic E-state index is 0.191. The van der Waals surface area contributed by atoms with Crippen LogP contribution in [0.25, 0.3) is 0 Å². The van der Waals surface area contributed by atoms with Crippen molar-refractivity contribution in [1.82, 2.24) is 0 Å². The van der Waals surface area contributed by atoms with Gasteiger partial charge >= 0.3 is 0 Å². The van der Waals surface area contributed by atoms with Crippen LogP contribution < -0.4 is 0 Å². The van der Waals surface area contributed by atoms with Gasteiger partial charge in [-0.2, -0.15) is 0 Å². The number of hydrogen-bond donors (Lipinski definition) is 1. The summed E-state index contributed by atoms with van der Waals surface area (Å²) in [6.45, 7) is 5.46. The molecule has 0 unspecified atom stereocenters. The summed E-state index contributed by atoms with van der Waals surface area (Å²) < 4.78 is 5.58. The zero-order chi connectivity index (χ0) is 11.8. The van der Waals surface area contributed by atoms with Crippen molar-refractivity contribution >= 4 is 0 Å². The van der Waals surface area contributed by atoms with Gasteiger partial charge in [-0.15, -0.1) is 0 Å². The maximum Gasteiger partial charge on any atom is 0.0721 e. The first kappa shape index (κ1) is 12.9. The van der Waals surface area contributed by atoms with Gasteiger partial charge in [0.15, 0.2) is 0 Å². The average molecular weight is 220 g/mol. The third kappa shape index (κ3) is 5.10. The van der Waals surface area contributed by atoms with E-state index in [4.69, 9.17) is 9.84 Å². The lowest BCUT2D eigenvalue weighted by atomic mass is 10.1. The molecule has 0 aliphatic carbocycles. The van der Waals surface area contributed by atoms with E-state index < -0.39 is 0 Å². The minimum absolute atomic E-state index is 0.191. The van der Waals surface area contributed by atoms with Gasteiger partial charge in [-0.3, -0.25) is 0 Å². The van der Waals surface area contributed by atoms with Gasteiger partial charge in [0.1, 0.15) is 0 Å². The summed E-state index contributed by atoms with van der Waals surface area (Å²) in [6, 6.07) is 10.1. The van der Waals surface area contributed by atoms with Crippen molar-refractivity contribution in [3.05, 3.63) is 47.5 Å². The summed E-state index contributed by atoms with van der Waals surface area (Å²) in [4.78, 5) is 0. The van der Waals surface area contributed by atoms with E-state index in [0.29, 0.717) is 13.2 Å². The molecule has 2 heteroatoms. The largest absolute Gasteiger partial charge is 0.396 e. The highest BCUT2D eigenvalue weighted by Crippen LogP contribution is 2.05. The molecule has 1 rings (SSSR count). The Bertz CT molecular complexity index is 317. The molecule has 88 valence electrons. The van der Waals surface area contributed by atoms with Crippen LogP contribution in [0.4, 0.5) is 0 Å². The smallest absolute Gasteiger partial charge is 0.0721 e. The normalized spacial score (nSPS) is 13.8. The predicted molar refractivity (Wildman–Crippen MR) is 66.1 cm³/mol. The number of benzene rings is 1. The van der Waals surface area contributed by atoms with E-state index in [0.717, 1.165) is 5.57 Å². The fourth-order valence-electron chi connectivity index (χ4n) is 1.49. The first-order valence-corrected chi connectivity index (χ1v) is 5.62. The lowest BCUT2D eigenvalue weighted by Crippen LogP contribution is -2.01. The average Bonchev–Trinajstić information content (AvgIpc) is 2.30. The van der Waals surface area contributed by atoms with Crippen molar-refractivity contribution in [2.75, 3.05) is 13.2 Å². The van der Waals surface area contributed by atoms with Crippen LogP contribution in [0.1, 0.15) is 19.4 Å². The number of rotatable bonds is 6. The highest BCUT2D eigenvalue weighted by molar-refractivity contribution is 5.13. The van der Waals surface area contributed by atoms with Crippen molar-refractivity contribution in [2.45, 2.75) is 20.5 Å². The summed E-state index contributed by atoms with van der Waals surface area (Å²) >= 11 is 0. The minimum Gasteiger partial charge on any atom is -0.396 e. The van der Waals surface area contributed by atoms with Crippen molar-refractivity contribution in [2.24, 2.45) is 5.92 Å². The maximum absolute atomic E-state index is 8.90. The van der Waals surface area contributed by atoms with Gasteiger partial charge in [0.25, 0.3) is 0 Å². The van der Waals surface area contributed by atoms with Crippen LogP contribution in [-0.4, -0.2) is 18.3 Å². The zero-order valence-corrected chi connectivity index (χ0v) is 10.0. The molecule has 0 fully saturated rings. The summed E-state index contributed by atoms with van der Waals surface area (Å²) in [7, 11) is 0. The standard InChI is InChI=1S/C14H20O2/c1-12(9-15)8-13(2)10-16-11-14-6-4-3-5-7-14/h3-8,12,15H,9-11H2,1-2H3/b13-8+/t12-/m1/s1. The topological polar surface area (TPSA) is 29.5 Å². The molecular formula is C14H20O2. The highest BCUT2D eigenvalue weighted by Gasteiger charge is 1.97. The molecule has 0 aliphatic heterocycles. The van der Waals surface area contributed by atoms with Crippen LogP contribution in [0, 0.1) is 5.92 Å². The van der Waals surface area contributed by atoms with Gasteiger partial charge < -0.3 is 9.84 Å². The Kier molecular flexibility index (Phi) is 5.83. The summed E-state index contributed by atoms with van der Waals surface area (Å²) in [6.07, 6.45) is 2.05. The molecule has 1 aromatic rings. The molecule has 0 aromatic heterocycles. The molecule has 1 atom stereocenters.